The van der Waals surface area contributed by atoms with Gasteiger partial charge in [-0.3, -0.25) is 0 Å². The Morgan fingerprint density at radius 3 is 0.793 bits per heavy atom. The van der Waals surface area contributed by atoms with Crippen LogP contribution < -0.4 is 84.9 Å². The van der Waals surface area contributed by atoms with Crippen LogP contribution in [-0.2, 0) is 39.6 Å². The Balaban J connectivity index is 0.00000567. The van der Waals surface area contributed by atoms with E-state index in [1.807, 2.05) is 158 Å². The van der Waals surface area contributed by atoms with Gasteiger partial charge in [0.25, 0.3) is 0 Å². The van der Waals surface area contributed by atoms with Gasteiger partial charge in [0.1, 0.15) is 74.1 Å². The molecule has 0 N–H and O–H groups in total. The van der Waals surface area contributed by atoms with Crippen molar-refractivity contribution in [3.8, 4) is 34.5 Å². The zero-order chi connectivity index (χ0) is 39.1. The Bertz CT molecular complexity index is 2060. The first-order valence-electron chi connectivity index (χ1n) is 18.6. The summed E-state index contributed by atoms with van der Waals surface area (Å²) in [4.78, 5) is 12.1. The maximum absolute atomic E-state index is 12.1. The Morgan fingerprint density at radius 2 is 0.552 bits per heavy atom. The molecule has 9 heteroatoms. The summed E-state index contributed by atoms with van der Waals surface area (Å²) >= 11 is 0. The molecule has 0 aromatic heterocycles. The summed E-state index contributed by atoms with van der Waals surface area (Å²) in [6.45, 7) is 1.70. The molecule has 0 bridgehead atoms. The molecule has 0 unspecified atom stereocenters. The monoisotopic (exact) mass is 796 g/mol. The molecule has 0 amide bonds. The number of hydrogen-bond donors (Lipinski definition) is 0. The van der Waals surface area contributed by atoms with E-state index in [1.165, 1.54) is 12.1 Å². The number of benzene rings is 7. The minimum atomic E-state index is -1.36. The van der Waals surface area contributed by atoms with Crippen LogP contribution in [0.3, 0.4) is 0 Å². The zero-order valence-electron chi connectivity index (χ0n) is 32.3. The van der Waals surface area contributed by atoms with Crippen molar-refractivity contribution >= 4 is 5.97 Å². The Hall–Kier alpha value is -5.55. The van der Waals surface area contributed by atoms with Crippen molar-refractivity contribution in [2.75, 3.05) is 0 Å². The van der Waals surface area contributed by atoms with Crippen LogP contribution in [0.25, 0.3) is 0 Å². The second kappa shape index (κ2) is 21.8. The Kier molecular flexibility index (Phi) is 15.8. The first-order chi connectivity index (χ1) is 28.0. The summed E-state index contributed by atoms with van der Waals surface area (Å²) < 4.78 is 37.0. The van der Waals surface area contributed by atoms with Gasteiger partial charge >= 0.3 is 51.4 Å². The molecular weight excluding hydrogens is 756 g/mol. The molecule has 7 aromatic carbocycles. The van der Waals surface area contributed by atoms with Crippen LogP contribution in [0.4, 0.5) is 0 Å². The third kappa shape index (κ3) is 13.3. The van der Waals surface area contributed by atoms with Crippen molar-refractivity contribution in [1.29, 1.82) is 0 Å². The van der Waals surface area contributed by atoms with Gasteiger partial charge in [0.05, 0.1) is 5.97 Å². The number of carboxylic acid groups (broad SMARTS) is 1. The van der Waals surface area contributed by atoms with E-state index in [4.69, 9.17) is 28.4 Å². The topological polar surface area (TPSA) is 95.5 Å². The van der Waals surface area contributed by atoms with Crippen LogP contribution in [0.15, 0.2) is 176 Å². The van der Waals surface area contributed by atoms with E-state index in [1.54, 1.807) is 6.07 Å². The van der Waals surface area contributed by atoms with Crippen LogP contribution in [0, 0.1) is 0 Å². The molecule has 8 nitrogen and oxygen atoms in total. The van der Waals surface area contributed by atoms with Crippen molar-refractivity contribution in [3.05, 3.63) is 215 Å². The van der Waals surface area contributed by atoms with Gasteiger partial charge < -0.3 is 38.3 Å². The summed E-state index contributed by atoms with van der Waals surface area (Å²) in [5.41, 5.74) is 5.56. The SMILES string of the molecule is O=C([O-])c1cc(OCc2cc(OCc3ccccc3)cc(OCc3ccccc3)c2)cc(OCc2cc(OCc3ccccc3)cc(OCc3ccccc3)c2)c1.[K+]. The van der Waals surface area contributed by atoms with Crippen molar-refractivity contribution < 1.29 is 89.7 Å². The van der Waals surface area contributed by atoms with Gasteiger partial charge in [0, 0.05) is 23.8 Å². The van der Waals surface area contributed by atoms with E-state index < -0.39 is 5.97 Å². The van der Waals surface area contributed by atoms with E-state index in [2.05, 4.69) is 0 Å². The second-order valence-corrected chi connectivity index (χ2v) is 13.3. The van der Waals surface area contributed by atoms with Crippen LogP contribution in [0.5, 0.6) is 34.5 Å². The third-order valence-corrected chi connectivity index (χ3v) is 8.80. The zero-order valence-corrected chi connectivity index (χ0v) is 35.4. The molecule has 0 aliphatic heterocycles. The van der Waals surface area contributed by atoms with Gasteiger partial charge in [-0.25, -0.2) is 0 Å². The number of hydrogen-bond acceptors (Lipinski definition) is 8. The minimum absolute atomic E-state index is 0. The van der Waals surface area contributed by atoms with Crippen molar-refractivity contribution in [3.63, 3.8) is 0 Å². The largest absolute Gasteiger partial charge is 1.00 e. The first kappa shape index (κ1) is 42.1. The molecule has 0 saturated heterocycles. The van der Waals surface area contributed by atoms with E-state index in [0.29, 0.717) is 60.9 Å². The van der Waals surface area contributed by atoms with Gasteiger partial charge in [0.2, 0.25) is 0 Å². The average molecular weight is 797 g/mol. The molecule has 0 saturated carbocycles. The minimum Gasteiger partial charge on any atom is -0.545 e. The molecule has 7 rings (SSSR count). The number of aromatic carboxylic acids is 1. The van der Waals surface area contributed by atoms with Gasteiger partial charge in [-0.2, -0.15) is 0 Å². The molecule has 0 aliphatic carbocycles. The fourth-order valence-corrected chi connectivity index (χ4v) is 5.91. The smallest absolute Gasteiger partial charge is 0.545 e. The fourth-order valence-electron chi connectivity index (χ4n) is 5.91. The number of ether oxygens (including phenoxy) is 6. The normalized spacial score (nSPS) is 10.5. The molecule has 0 spiro atoms. The quantitative estimate of drug-likeness (QED) is 0.0854. The molecule has 286 valence electrons. The predicted octanol–water partition coefficient (Wildman–Crippen LogP) is 6.53. The predicted molar refractivity (Wildman–Crippen MR) is 215 cm³/mol. The van der Waals surface area contributed by atoms with Crippen molar-refractivity contribution in [2.24, 2.45) is 0 Å². The fraction of sp³-hybridized carbons (Fsp3) is 0.122. The molecule has 0 aliphatic rings. The van der Waals surface area contributed by atoms with E-state index in [9.17, 15) is 9.90 Å². The molecule has 0 heterocycles. The van der Waals surface area contributed by atoms with Gasteiger partial charge in [-0.1, -0.05) is 121 Å². The van der Waals surface area contributed by atoms with Crippen molar-refractivity contribution in [2.45, 2.75) is 39.6 Å². The summed E-state index contributed by atoms with van der Waals surface area (Å²) in [6, 6.07) is 55.2. The van der Waals surface area contributed by atoms with E-state index >= 15 is 0 Å². The molecule has 58 heavy (non-hydrogen) atoms. The average Bonchev–Trinajstić information content (AvgIpc) is 3.26. The van der Waals surface area contributed by atoms with E-state index in [0.717, 1.165) is 33.4 Å². The molecule has 0 atom stereocenters. The maximum Gasteiger partial charge on any atom is 1.00 e. The first-order valence-corrected chi connectivity index (χ1v) is 18.6. The Labute approximate surface area is 381 Å². The second-order valence-electron chi connectivity index (χ2n) is 13.3. The number of carbonyl (C=O) groups is 1. The van der Waals surface area contributed by atoms with E-state index in [-0.39, 0.29) is 70.2 Å². The third-order valence-electron chi connectivity index (χ3n) is 8.80. The standard InChI is InChI=1S/C49H42O8.K/c50-49(51)42-25-47(56-34-40-21-43(52-30-36-13-5-1-6-14-36)27-44(22-40)53-31-37-15-7-2-8-16-37)29-48(26-42)57-35-41-23-45(54-32-38-17-9-3-10-18-38)28-46(24-41)55-33-39-19-11-4-12-20-39;/h1-29H,30-35H2,(H,50,51);/q;+1/p-1. The summed E-state index contributed by atoms with van der Waals surface area (Å²) in [5, 5.41) is 12.1. The number of carbonyl (C=O) groups excluding carboxylic acids is 1. The van der Waals surface area contributed by atoms with Gasteiger partial charge in [0.15, 0.2) is 0 Å². The summed E-state index contributed by atoms with van der Waals surface area (Å²) in [7, 11) is 0. The molecule has 0 radical (unpaired) electrons. The summed E-state index contributed by atoms with van der Waals surface area (Å²) in [6.07, 6.45) is 0. The maximum atomic E-state index is 12.1. The molecule has 7 aromatic rings. The number of carboxylic acids is 1. The van der Waals surface area contributed by atoms with Gasteiger partial charge in [-0.15, -0.1) is 0 Å². The Morgan fingerprint density at radius 1 is 0.328 bits per heavy atom. The van der Waals surface area contributed by atoms with Crippen LogP contribution in [0.2, 0.25) is 0 Å². The van der Waals surface area contributed by atoms with Crippen LogP contribution in [-0.4, -0.2) is 5.97 Å². The van der Waals surface area contributed by atoms with Crippen LogP contribution in [0.1, 0.15) is 43.7 Å². The number of rotatable bonds is 19. The molecule has 0 fully saturated rings. The molecular formula is C49H41KO8. The van der Waals surface area contributed by atoms with Crippen molar-refractivity contribution in [1.82, 2.24) is 0 Å². The van der Waals surface area contributed by atoms with Gasteiger partial charge in [-0.05, 0) is 69.8 Å². The van der Waals surface area contributed by atoms with Crippen LogP contribution >= 0.6 is 0 Å². The summed E-state index contributed by atoms with van der Waals surface area (Å²) in [5.74, 6) is 1.67.